The van der Waals surface area contributed by atoms with E-state index < -0.39 is 71.4 Å². The van der Waals surface area contributed by atoms with Gasteiger partial charge in [-0.1, -0.05) is 45.2 Å². The maximum absolute atomic E-state index is 13.6. The number of esters is 2. The maximum atomic E-state index is 13.6. The third kappa shape index (κ3) is 11.5. The molecule has 4 unspecified atom stereocenters. The second-order valence-electron chi connectivity index (χ2n) is 9.84. The fourth-order valence-electron chi connectivity index (χ4n) is 4.42. The zero-order valence-electron chi connectivity index (χ0n) is 25.0. The molecular weight excluding hydrogens is 1370 g/mol. The standard InChI is InChI=1S/C27H24Cl2I6N4O10/c1-10(40)48-5-3-36-24(46)26(34)18(22(28)44)12(30)7-14(32)20(26)38-16(42)9-17(43)39-21-15(33)8-13(31)19(23(29)45)27(21,35)25(47)37-4-6-49-11(2)41/h7-8,20-21H,3-6,9H2,1-2H3,(H,36,46)(H,37,47)(H,38,42)(H,39,43). The summed E-state index contributed by atoms with van der Waals surface area (Å²) in [5, 5.41) is 8.60. The van der Waals surface area contributed by atoms with E-state index in [1.165, 1.54) is 13.8 Å². The highest BCUT2D eigenvalue weighted by Gasteiger charge is 2.55. The molecule has 0 spiro atoms. The highest BCUT2D eigenvalue weighted by Crippen LogP contribution is 2.47. The van der Waals surface area contributed by atoms with E-state index in [1.54, 1.807) is 57.3 Å². The summed E-state index contributed by atoms with van der Waals surface area (Å²) in [4.78, 5) is 101. The zero-order valence-corrected chi connectivity index (χ0v) is 39.4. The summed E-state index contributed by atoms with van der Waals surface area (Å²) in [6, 6.07) is -2.32. The summed E-state index contributed by atoms with van der Waals surface area (Å²) in [5.41, 5.74) is -0.210. The molecule has 0 bridgehead atoms. The van der Waals surface area contributed by atoms with Crippen LogP contribution in [0.5, 0.6) is 0 Å². The first-order valence-electron chi connectivity index (χ1n) is 13.4. The lowest BCUT2D eigenvalue weighted by Gasteiger charge is -2.39. The van der Waals surface area contributed by atoms with Crippen molar-refractivity contribution < 1.29 is 47.8 Å². The Morgan fingerprint density at radius 1 is 0.673 bits per heavy atom. The lowest BCUT2D eigenvalue weighted by atomic mass is 9.86. The van der Waals surface area contributed by atoms with Crippen LogP contribution in [0.15, 0.2) is 37.6 Å². The predicted octanol–water partition coefficient (Wildman–Crippen LogP) is 3.63. The highest BCUT2D eigenvalue weighted by molar-refractivity contribution is 14.1. The van der Waals surface area contributed by atoms with Gasteiger partial charge in [-0.15, -0.1) is 0 Å². The zero-order chi connectivity index (χ0) is 37.4. The average Bonchev–Trinajstić information content (AvgIpc) is 2.96. The van der Waals surface area contributed by atoms with Gasteiger partial charge < -0.3 is 30.7 Å². The van der Waals surface area contributed by atoms with E-state index in [4.69, 9.17) is 32.7 Å². The van der Waals surface area contributed by atoms with Crippen LogP contribution in [-0.2, 0) is 47.8 Å². The molecular formula is C27H24Cl2I6N4O10. The van der Waals surface area contributed by atoms with Crippen LogP contribution < -0.4 is 21.3 Å². The van der Waals surface area contributed by atoms with E-state index in [0.29, 0.717) is 14.3 Å². The molecule has 268 valence electrons. The van der Waals surface area contributed by atoms with Crippen molar-refractivity contribution in [2.75, 3.05) is 26.3 Å². The Balaban J connectivity index is 2.35. The van der Waals surface area contributed by atoms with Crippen LogP contribution in [0.25, 0.3) is 0 Å². The number of alkyl halides is 2. The molecule has 0 aromatic rings. The fraction of sp³-hybridized carbons (Fsp3) is 0.407. The van der Waals surface area contributed by atoms with E-state index in [0.717, 1.165) is 0 Å². The smallest absolute Gasteiger partial charge is 0.302 e. The summed E-state index contributed by atoms with van der Waals surface area (Å²) in [6.07, 6.45) is 2.32. The lowest BCUT2D eigenvalue weighted by Crippen LogP contribution is -2.62. The normalized spacial score (nSPS) is 23.4. The van der Waals surface area contributed by atoms with Crippen molar-refractivity contribution in [3.05, 3.63) is 37.6 Å². The van der Waals surface area contributed by atoms with E-state index in [2.05, 4.69) is 21.3 Å². The van der Waals surface area contributed by atoms with Crippen LogP contribution in [0.3, 0.4) is 0 Å². The molecule has 2 aliphatic carbocycles. The van der Waals surface area contributed by atoms with Gasteiger partial charge in [0.25, 0.3) is 10.5 Å². The number of carbonyl (C=O) groups excluding carboxylic acids is 8. The van der Waals surface area contributed by atoms with Crippen LogP contribution >= 0.6 is 159 Å². The molecule has 4 N–H and O–H groups in total. The Bertz CT molecular complexity index is 1490. The third-order valence-electron chi connectivity index (χ3n) is 6.45. The number of amides is 4. The van der Waals surface area contributed by atoms with Crippen molar-refractivity contribution in [1.82, 2.24) is 21.3 Å². The van der Waals surface area contributed by atoms with Crippen molar-refractivity contribution in [2.45, 2.75) is 39.2 Å². The molecule has 0 aliphatic heterocycles. The van der Waals surface area contributed by atoms with E-state index in [1.807, 2.05) is 90.4 Å². The molecule has 0 aromatic carbocycles. The van der Waals surface area contributed by atoms with E-state index >= 15 is 0 Å². The van der Waals surface area contributed by atoms with Crippen molar-refractivity contribution in [2.24, 2.45) is 0 Å². The van der Waals surface area contributed by atoms with Gasteiger partial charge in [0.05, 0.1) is 36.3 Å². The van der Waals surface area contributed by atoms with Crippen molar-refractivity contribution in [3.8, 4) is 0 Å². The van der Waals surface area contributed by atoms with Crippen LogP contribution in [0, 0.1) is 0 Å². The van der Waals surface area contributed by atoms with E-state index in [-0.39, 0.29) is 37.4 Å². The quantitative estimate of drug-likeness (QED) is 0.0497. The minimum Gasteiger partial charge on any atom is -0.464 e. The first-order chi connectivity index (χ1) is 22.7. The topological polar surface area (TPSA) is 203 Å². The highest BCUT2D eigenvalue weighted by atomic mass is 127. The number of hydrogen-bond donors (Lipinski definition) is 4. The van der Waals surface area contributed by atoms with Gasteiger partial charge in [0.15, 0.2) is 6.84 Å². The molecule has 2 rings (SSSR count). The monoisotopic (exact) mass is 1400 g/mol. The van der Waals surface area contributed by atoms with Gasteiger partial charge in [0, 0.05) is 28.2 Å². The van der Waals surface area contributed by atoms with Gasteiger partial charge in [-0.25, -0.2) is 0 Å². The van der Waals surface area contributed by atoms with Crippen LogP contribution in [0.4, 0.5) is 0 Å². The average molecular weight is 1400 g/mol. The lowest BCUT2D eigenvalue weighted by molar-refractivity contribution is -0.142. The third-order valence-corrected chi connectivity index (χ3v) is 13.7. The molecule has 4 atom stereocenters. The van der Waals surface area contributed by atoms with Crippen LogP contribution in [0.2, 0.25) is 0 Å². The summed E-state index contributed by atoms with van der Waals surface area (Å²) >= 11 is 22.8. The minimum absolute atomic E-state index is 0.101. The SMILES string of the molecule is CC(=O)OCCNC(=O)C1(I)C(C(=O)Cl)=C(I)C=C(I)C1NC(=O)CC(=O)NC1C(I)=CC(I)=C(C(=O)Cl)C1(I)C(=O)NCCOC(C)=O. The Morgan fingerprint density at radius 3 is 1.29 bits per heavy atom. The van der Waals surface area contributed by atoms with Gasteiger partial charge in [0.1, 0.15) is 19.6 Å². The van der Waals surface area contributed by atoms with E-state index in [9.17, 15) is 38.4 Å². The molecule has 0 radical (unpaired) electrons. The number of halogens is 8. The number of ether oxygens (including phenoxy) is 2. The molecule has 0 aromatic heterocycles. The summed E-state index contributed by atoms with van der Waals surface area (Å²) in [7, 11) is 0. The van der Waals surface area contributed by atoms with Gasteiger partial charge in [-0.2, -0.15) is 0 Å². The molecule has 0 heterocycles. The molecule has 4 amide bonds. The number of carbonyl (C=O) groups is 8. The molecule has 2 aliphatic rings. The second kappa shape index (κ2) is 20.0. The van der Waals surface area contributed by atoms with Crippen molar-refractivity contribution in [1.29, 1.82) is 0 Å². The first kappa shape index (κ1) is 45.2. The molecule has 0 saturated heterocycles. The van der Waals surface area contributed by atoms with Crippen LogP contribution in [0.1, 0.15) is 20.3 Å². The molecule has 14 nitrogen and oxygen atoms in total. The number of rotatable bonds is 14. The summed E-state index contributed by atoms with van der Waals surface area (Å²) in [6.45, 7) is 1.91. The van der Waals surface area contributed by atoms with Gasteiger partial charge in [-0.3, -0.25) is 38.4 Å². The number of nitrogens with one attached hydrogen (secondary N) is 4. The van der Waals surface area contributed by atoms with Crippen molar-refractivity contribution >= 4 is 205 Å². The maximum Gasteiger partial charge on any atom is 0.302 e. The summed E-state index contributed by atoms with van der Waals surface area (Å²) < 4.78 is 7.74. The van der Waals surface area contributed by atoms with Crippen LogP contribution in [-0.4, -0.2) is 91.3 Å². The molecule has 22 heteroatoms. The summed E-state index contributed by atoms with van der Waals surface area (Å²) in [5.74, 6) is -4.25. The van der Waals surface area contributed by atoms with Gasteiger partial charge in [0.2, 0.25) is 23.6 Å². The molecule has 0 fully saturated rings. The van der Waals surface area contributed by atoms with Crippen molar-refractivity contribution in [3.63, 3.8) is 0 Å². The predicted molar refractivity (Wildman–Crippen MR) is 229 cm³/mol. The Labute approximate surface area is 371 Å². The number of allylic oxidation sites excluding steroid dienone is 4. The Morgan fingerprint density at radius 2 is 1.00 bits per heavy atom. The molecule has 0 saturated carbocycles. The molecule has 49 heavy (non-hydrogen) atoms. The Hall–Kier alpha value is 0.0800. The second-order valence-corrected chi connectivity index (χ2v) is 18.8. The fourth-order valence-corrected chi connectivity index (χ4v) is 15.3. The van der Waals surface area contributed by atoms with Gasteiger partial charge in [-0.05, 0) is 126 Å². The largest absolute Gasteiger partial charge is 0.464 e. The van der Waals surface area contributed by atoms with Gasteiger partial charge >= 0.3 is 11.9 Å². The Kier molecular flexibility index (Phi) is 18.4. The number of hydrogen-bond acceptors (Lipinski definition) is 10. The minimum atomic E-state index is -1.78. The first-order valence-corrected chi connectivity index (χ1v) is 20.7.